The van der Waals surface area contributed by atoms with Crippen LogP contribution in [0, 0.1) is 5.92 Å². The van der Waals surface area contributed by atoms with Crippen molar-refractivity contribution in [2.45, 2.75) is 30.1 Å². The molecule has 2 atom stereocenters. The van der Waals surface area contributed by atoms with Crippen molar-refractivity contribution >= 4 is 24.3 Å². The van der Waals surface area contributed by atoms with Gasteiger partial charge in [-0.25, -0.2) is 0 Å². The highest BCUT2D eigenvalue weighted by molar-refractivity contribution is 7.98. The van der Waals surface area contributed by atoms with Crippen molar-refractivity contribution in [3.05, 3.63) is 12.7 Å². The predicted octanol–water partition coefficient (Wildman–Crippen LogP) is 0.604. The van der Waals surface area contributed by atoms with Gasteiger partial charge in [-0.15, -0.1) is 6.58 Å². The van der Waals surface area contributed by atoms with Crippen LogP contribution in [0.3, 0.4) is 0 Å². The van der Waals surface area contributed by atoms with E-state index in [4.69, 9.17) is 0 Å². The van der Waals surface area contributed by atoms with E-state index in [0.29, 0.717) is 18.1 Å². The maximum absolute atomic E-state index is 11.8. The highest BCUT2D eigenvalue weighted by atomic mass is 32.2. The summed E-state index contributed by atoms with van der Waals surface area (Å²) in [4.78, 5) is 22.3. The summed E-state index contributed by atoms with van der Waals surface area (Å²) in [6, 6.07) is 0. The zero-order valence-electron chi connectivity index (χ0n) is 8.36. The van der Waals surface area contributed by atoms with Gasteiger partial charge < -0.3 is 5.32 Å². The lowest BCUT2D eigenvalue weighted by Crippen LogP contribution is -2.45. The molecule has 2 rings (SSSR count). The highest BCUT2D eigenvalue weighted by Gasteiger charge is 2.58. The van der Waals surface area contributed by atoms with Gasteiger partial charge in [0.15, 0.2) is 0 Å². The average molecular weight is 226 g/mol. The van der Waals surface area contributed by atoms with Crippen molar-refractivity contribution in [3.8, 4) is 0 Å². The van der Waals surface area contributed by atoms with Gasteiger partial charge in [-0.1, -0.05) is 6.08 Å². The van der Waals surface area contributed by atoms with Crippen molar-refractivity contribution in [2.75, 3.05) is 0 Å². The van der Waals surface area contributed by atoms with Crippen LogP contribution in [0.1, 0.15) is 19.3 Å². The molecule has 0 spiro atoms. The van der Waals surface area contributed by atoms with Crippen molar-refractivity contribution in [1.29, 1.82) is 0 Å². The minimum atomic E-state index is -0.717. The van der Waals surface area contributed by atoms with Crippen molar-refractivity contribution < 1.29 is 9.59 Å². The molecule has 0 aromatic carbocycles. The van der Waals surface area contributed by atoms with Gasteiger partial charge in [-0.3, -0.25) is 14.3 Å². The number of carbonyl (C=O) groups excluding carboxylic acids is 2. The van der Waals surface area contributed by atoms with Crippen LogP contribution in [0.25, 0.3) is 0 Å². The first-order valence-corrected chi connectivity index (χ1v) is 5.91. The van der Waals surface area contributed by atoms with E-state index < -0.39 is 5.54 Å². The van der Waals surface area contributed by atoms with Crippen LogP contribution in [0.5, 0.6) is 0 Å². The quantitative estimate of drug-likeness (QED) is 0.396. The van der Waals surface area contributed by atoms with Crippen LogP contribution < -0.4 is 10.0 Å². The Hall–Kier alpha value is -0.970. The summed E-state index contributed by atoms with van der Waals surface area (Å²) in [5.41, 5.74) is -0.717. The molecule has 4 nitrogen and oxygen atoms in total. The molecule has 2 N–H and O–H groups in total. The molecule has 0 aromatic rings. The molecule has 0 heterocycles. The predicted molar refractivity (Wildman–Crippen MR) is 59.0 cm³/mol. The average Bonchev–Trinajstić information content (AvgIpc) is 3.10. The standard InChI is InChI=1S/C10H14N2O2S/c1-2-7-5-10(7,11-6-13)9(14)12-15-8-3-4-8/h2,6-8H,1,3-5H2,(H,11,13)(H,12,14)/t7-,10-/m1/s1. The minimum Gasteiger partial charge on any atom is -0.344 e. The molecule has 0 unspecified atom stereocenters. The van der Waals surface area contributed by atoms with E-state index in [1.54, 1.807) is 6.08 Å². The van der Waals surface area contributed by atoms with Gasteiger partial charge in [-0.05, 0) is 31.2 Å². The summed E-state index contributed by atoms with van der Waals surface area (Å²) in [5.74, 6) is -0.0288. The van der Waals surface area contributed by atoms with Gasteiger partial charge in [0.05, 0.1) is 0 Å². The Morgan fingerprint density at radius 2 is 2.27 bits per heavy atom. The van der Waals surface area contributed by atoms with Crippen molar-refractivity contribution in [1.82, 2.24) is 10.0 Å². The molecule has 2 amide bonds. The van der Waals surface area contributed by atoms with E-state index in [1.165, 1.54) is 24.8 Å². The van der Waals surface area contributed by atoms with Crippen molar-refractivity contribution in [3.63, 3.8) is 0 Å². The summed E-state index contributed by atoms with van der Waals surface area (Å²) in [6.45, 7) is 3.65. The fourth-order valence-electron chi connectivity index (χ4n) is 1.58. The molecule has 2 aliphatic carbocycles. The summed E-state index contributed by atoms with van der Waals surface area (Å²) in [5, 5.41) is 3.17. The molecule has 0 aromatic heterocycles. The number of nitrogens with one attached hydrogen (secondary N) is 2. The fraction of sp³-hybridized carbons (Fsp3) is 0.600. The smallest absolute Gasteiger partial charge is 0.256 e. The van der Waals surface area contributed by atoms with Crippen LogP contribution in [0.2, 0.25) is 0 Å². The van der Waals surface area contributed by atoms with Crippen molar-refractivity contribution in [2.24, 2.45) is 5.92 Å². The largest absolute Gasteiger partial charge is 0.344 e. The number of carbonyl (C=O) groups is 2. The first-order chi connectivity index (χ1) is 7.23. The number of hydrogen-bond donors (Lipinski definition) is 2. The summed E-state index contributed by atoms with van der Waals surface area (Å²) in [6.07, 6.45) is 5.31. The normalized spacial score (nSPS) is 32.9. The lowest BCUT2D eigenvalue weighted by atomic mass is 10.2. The first kappa shape index (κ1) is 10.5. The van der Waals surface area contributed by atoms with E-state index in [2.05, 4.69) is 16.6 Å². The Labute approximate surface area is 93.0 Å². The molecular weight excluding hydrogens is 212 g/mol. The molecule has 82 valence electrons. The van der Waals surface area contributed by atoms with E-state index in [-0.39, 0.29) is 11.8 Å². The van der Waals surface area contributed by atoms with Gasteiger partial charge in [0.2, 0.25) is 6.41 Å². The van der Waals surface area contributed by atoms with E-state index >= 15 is 0 Å². The molecule has 0 aliphatic heterocycles. The second kappa shape index (κ2) is 3.89. The zero-order valence-corrected chi connectivity index (χ0v) is 9.18. The lowest BCUT2D eigenvalue weighted by molar-refractivity contribution is -0.125. The summed E-state index contributed by atoms with van der Waals surface area (Å²) >= 11 is 1.47. The maximum atomic E-state index is 11.8. The Morgan fingerprint density at radius 3 is 2.73 bits per heavy atom. The Balaban J connectivity index is 1.89. The molecule has 0 bridgehead atoms. The van der Waals surface area contributed by atoms with Gasteiger partial charge in [0, 0.05) is 11.2 Å². The molecule has 5 heteroatoms. The third-order valence-corrected chi connectivity index (χ3v) is 3.97. The Kier molecular flexibility index (Phi) is 2.73. The van der Waals surface area contributed by atoms with Gasteiger partial charge in [0.1, 0.15) is 5.54 Å². The minimum absolute atomic E-state index is 0.0718. The SMILES string of the molecule is C=C[C@@H]1C[C@]1(NC=O)C(=O)NSC1CC1. The number of rotatable bonds is 6. The topological polar surface area (TPSA) is 58.2 Å². The summed E-state index contributed by atoms with van der Waals surface area (Å²) in [7, 11) is 0. The summed E-state index contributed by atoms with van der Waals surface area (Å²) < 4.78 is 2.81. The molecule has 2 saturated carbocycles. The van der Waals surface area contributed by atoms with Crippen LogP contribution in [-0.2, 0) is 9.59 Å². The van der Waals surface area contributed by atoms with E-state index in [9.17, 15) is 9.59 Å². The van der Waals surface area contributed by atoms with Gasteiger partial charge in [0.25, 0.3) is 5.91 Å². The monoisotopic (exact) mass is 226 g/mol. The zero-order chi connectivity index (χ0) is 10.9. The van der Waals surface area contributed by atoms with Crippen LogP contribution in [-0.4, -0.2) is 23.1 Å². The van der Waals surface area contributed by atoms with Gasteiger partial charge >= 0.3 is 0 Å². The van der Waals surface area contributed by atoms with Gasteiger partial charge in [-0.2, -0.15) is 0 Å². The van der Waals surface area contributed by atoms with E-state index in [1.807, 2.05) is 0 Å². The third-order valence-electron chi connectivity index (χ3n) is 2.86. The fourth-order valence-corrected chi connectivity index (χ4v) is 2.41. The first-order valence-electron chi connectivity index (χ1n) is 5.03. The number of hydrogen-bond acceptors (Lipinski definition) is 3. The van der Waals surface area contributed by atoms with Crippen LogP contribution in [0.4, 0.5) is 0 Å². The van der Waals surface area contributed by atoms with Crippen LogP contribution in [0.15, 0.2) is 12.7 Å². The second-order valence-electron chi connectivity index (χ2n) is 4.03. The molecule has 0 saturated heterocycles. The van der Waals surface area contributed by atoms with Crippen LogP contribution >= 0.6 is 11.9 Å². The number of amides is 2. The Bertz CT molecular complexity index is 304. The second-order valence-corrected chi connectivity index (χ2v) is 5.13. The third kappa shape index (κ3) is 2.02. The van der Waals surface area contributed by atoms with E-state index in [0.717, 1.165) is 0 Å². The molecule has 2 aliphatic rings. The molecule has 15 heavy (non-hydrogen) atoms. The Morgan fingerprint density at radius 1 is 1.53 bits per heavy atom. The lowest BCUT2D eigenvalue weighted by Gasteiger charge is -2.14. The maximum Gasteiger partial charge on any atom is 0.256 e. The molecule has 2 fully saturated rings. The highest BCUT2D eigenvalue weighted by Crippen LogP contribution is 2.45. The molecule has 0 radical (unpaired) electrons. The molecular formula is C10H14N2O2S.